The number of rotatable bonds is 3. The van der Waals surface area contributed by atoms with Crippen molar-refractivity contribution in [3.63, 3.8) is 0 Å². The number of fused-ring (bicyclic) bond motifs is 1. The van der Waals surface area contributed by atoms with Gasteiger partial charge in [-0.05, 0) is 29.8 Å². The summed E-state index contributed by atoms with van der Waals surface area (Å²) in [6.45, 7) is 1.90. The van der Waals surface area contributed by atoms with Crippen molar-refractivity contribution < 1.29 is 14.3 Å². The molecule has 1 atom stereocenters. The molecule has 0 aliphatic carbocycles. The lowest BCUT2D eigenvalue weighted by Gasteiger charge is -2.38. The van der Waals surface area contributed by atoms with Crippen molar-refractivity contribution in [1.29, 1.82) is 0 Å². The van der Waals surface area contributed by atoms with E-state index in [0.717, 1.165) is 12.1 Å². The number of amides is 2. The highest BCUT2D eigenvalue weighted by Crippen LogP contribution is 2.32. The number of carbonyl (C=O) groups excluding carboxylic acids is 2. The lowest BCUT2D eigenvalue weighted by Crippen LogP contribution is -2.53. The number of ether oxygens (including phenoxy) is 1. The minimum atomic E-state index is -0.212. The highest BCUT2D eigenvalue weighted by molar-refractivity contribution is 6.30. The maximum absolute atomic E-state index is 13.1. The second-order valence-electron chi connectivity index (χ2n) is 6.60. The second kappa shape index (κ2) is 7.58. The summed E-state index contributed by atoms with van der Waals surface area (Å²) in [4.78, 5) is 28.8. The van der Waals surface area contributed by atoms with Crippen LogP contribution in [0.15, 0.2) is 48.5 Å². The first-order valence-electron chi connectivity index (χ1n) is 8.91. The zero-order valence-electron chi connectivity index (χ0n) is 14.7. The molecule has 6 nitrogen and oxygen atoms in total. The van der Waals surface area contributed by atoms with Gasteiger partial charge in [0, 0.05) is 24.7 Å². The van der Waals surface area contributed by atoms with Gasteiger partial charge in [0.15, 0.2) is 6.61 Å². The SMILES string of the molecule is O=C1COc2ccccc2N1CC(=O)N1CCNCC1c1cccc(Cl)c1. The van der Waals surface area contributed by atoms with E-state index in [4.69, 9.17) is 16.3 Å². The third kappa shape index (κ3) is 3.63. The molecule has 1 N–H and O–H groups in total. The number of halogens is 1. The van der Waals surface area contributed by atoms with E-state index in [1.165, 1.54) is 4.90 Å². The summed E-state index contributed by atoms with van der Waals surface area (Å²) in [6, 6.07) is 14.7. The maximum Gasteiger partial charge on any atom is 0.265 e. The number of anilines is 1. The molecule has 27 heavy (non-hydrogen) atoms. The molecule has 2 aromatic carbocycles. The highest BCUT2D eigenvalue weighted by Gasteiger charge is 2.32. The normalized spacial score (nSPS) is 19.4. The van der Waals surface area contributed by atoms with Crippen LogP contribution < -0.4 is 15.0 Å². The Kier molecular flexibility index (Phi) is 5.01. The van der Waals surface area contributed by atoms with Crippen LogP contribution in [-0.4, -0.2) is 49.5 Å². The molecule has 1 unspecified atom stereocenters. The summed E-state index contributed by atoms with van der Waals surface area (Å²) in [7, 11) is 0. The van der Waals surface area contributed by atoms with Crippen molar-refractivity contribution in [3.8, 4) is 5.75 Å². The number of nitrogens with one attached hydrogen (secondary N) is 1. The summed E-state index contributed by atoms with van der Waals surface area (Å²) >= 11 is 6.13. The van der Waals surface area contributed by atoms with Crippen molar-refractivity contribution in [3.05, 3.63) is 59.1 Å². The van der Waals surface area contributed by atoms with Crippen LogP contribution in [0.25, 0.3) is 0 Å². The fourth-order valence-corrected chi connectivity index (χ4v) is 3.77. The van der Waals surface area contributed by atoms with Gasteiger partial charge in [-0.1, -0.05) is 35.9 Å². The molecule has 1 fully saturated rings. The van der Waals surface area contributed by atoms with E-state index in [9.17, 15) is 9.59 Å². The van der Waals surface area contributed by atoms with Crippen molar-refractivity contribution in [1.82, 2.24) is 10.2 Å². The number of nitrogens with zero attached hydrogens (tertiary/aromatic N) is 2. The molecule has 0 saturated carbocycles. The van der Waals surface area contributed by atoms with E-state index in [1.807, 2.05) is 41.3 Å². The van der Waals surface area contributed by atoms with Crippen molar-refractivity contribution in [2.24, 2.45) is 0 Å². The van der Waals surface area contributed by atoms with Gasteiger partial charge in [-0.15, -0.1) is 0 Å². The molecule has 7 heteroatoms. The summed E-state index contributed by atoms with van der Waals surface area (Å²) < 4.78 is 5.46. The van der Waals surface area contributed by atoms with Gasteiger partial charge in [-0.25, -0.2) is 0 Å². The van der Waals surface area contributed by atoms with E-state index in [1.54, 1.807) is 12.1 Å². The van der Waals surface area contributed by atoms with Gasteiger partial charge in [-0.2, -0.15) is 0 Å². The number of para-hydroxylation sites is 2. The summed E-state index contributed by atoms with van der Waals surface area (Å²) in [6.07, 6.45) is 0. The summed E-state index contributed by atoms with van der Waals surface area (Å²) in [5, 5.41) is 3.97. The van der Waals surface area contributed by atoms with E-state index in [0.29, 0.717) is 29.5 Å². The largest absolute Gasteiger partial charge is 0.482 e. The number of hydrogen-bond acceptors (Lipinski definition) is 4. The molecular weight excluding hydrogens is 366 g/mol. The van der Waals surface area contributed by atoms with E-state index >= 15 is 0 Å². The Morgan fingerprint density at radius 1 is 1.22 bits per heavy atom. The Hall–Kier alpha value is -2.57. The van der Waals surface area contributed by atoms with Gasteiger partial charge in [0.2, 0.25) is 5.91 Å². The van der Waals surface area contributed by atoms with Crippen LogP contribution >= 0.6 is 11.6 Å². The van der Waals surface area contributed by atoms with Crippen LogP contribution in [0.5, 0.6) is 5.75 Å². The Morgan fingerprint density at radius 3 is 2.93 bits per heavy atom. The molecule has 2 aliphatic rings. The third-order valence-corrected chi connectivity index (χ3v) is 5.13. The number of benzene rings is 2. The molecule has 0 spiro atoms. The maximum atomic E-state index is 13.1. The van der Waals surface area contributed by atoms with Gasteiger partial charge in [0.25, 0.3) is 5.91 Å². The van der Waals surface area contributed by atoms with Crippen molar-refractivity contribution in [2.45, 2.75) is 6.04 Å². The molecule has 2 amide bonds. The lowest BCUT2D eigenvalue weighted by atomic mass is 10.0. The molecule has 0 aromatic heterocycles. The predicted molar refractivity (Wildman–Crippen MR) is 103 cm³/mol. The van der Waals surface area contributed by atoms with Gasteiger partial charge >= 0.3 is 0 Å². The van der Waals surface area contributed by atoms with E-state index in [2.05, 4.69) is 5.32 Å². The summed E-state index contributed by atoms with van der Waals surface area (Å²) in [5.41, 5.74) is 1.62. The molecule has 0 bridgehead atoms. The van der Waals surface area contributed by atoms with Crippen LogP contribution in [0, 0.1) is 0 Å². The minimum Gasteiger partial charge on any atom is -0.482 e. The Balaban J connectivity index is 1.57. The Morgan fingerprint density at radius 2 is 2.07 bits per heavy atom. The van der Waals surface area contributed by atoms with Crippen LogP contribution in [0.4, 0.5) is 5.69 Å². The molecule has 2 aromatic rings. The smallest absolute Gasteiger partial charge is 0.265 e. The van der Waals surface area contributed by atoms with Crippen molar-refractivity contribution >= 4 is 29.1 Å². The molecule has 4 rings (SSSR count). The van der Waals surface area contributed by atoms with E-state index < -0.39 is 0 Å². The summed E-state index contributed by atoms with van der Waals surface area (Å²) in [5.74, 6) is 0.319. The van der Waals surface area contributed by atoms with Gasteiger partial charge in [0.05, 0.1) is 11.7 Å². The lowest BCUT2D eigenvalue weighted by molar-refractivity contribution is -0.134. The molecule has 140 valence electrons. The minimum absolute atomic E-state index is 0.00370. The predicted octanol–water partition coefficient (Wildman–Crippen LogP) is 2.24. The van der Waals surface area contributed by atoms with E-state index in [-0.39, 0.29) is 31.0 Å². The topological polar surface area (TPSA) is 61.9 Å². The third-order valence-electron chi connectivity index (χ3n) is 4.90. The quantitative estimate of drug-likeness (QED) is 0.880. The monoisotopic (exact) mass is 385 g/mol. The first kappa shape index (κ1) is 17.8. The highest BCUT2D eigenvalue weighted by atomic mass is 35.5. The number of carbonyl (C=O) groups is 2. The molecule has 2 heterocycles. The standard InChI is InChI=1S/C20H20ClN3O3/c21-15-5-3-4-14(10-15)17-11-22-8-9-23(17)19(25)12-24-16-6-1-2-7-18(16)27-13-20(24)26/h1-7,10,17,22H,8-9,11-13H2. The van der Waals surface area contributed by atoms with Crippen LogP contribution in [-0.2, 0) is 9.59 Å². The average Bonchev–Trinajstić information content (AvgIpc) is 2.70. The molecule has 1 saturated heterocycles. The fourth-order valence-electron chi connectivity index (χ4n) is 3.57. The van der Waals surface area contributed by atoms with Crippen LogP contribution in [0.2, 0.25) is 5.02 Å². The average molecular weight is 386 g/mol. The number of hydrogen-bond donors (Lipinski definition) is 1. The first-order valence-corrected chi connectivity index (χ1v) is 9.29. The fraction of sp³-hybridized carbons (Fsp3) is 0.300. The molecular formula is C20H20ClN3O3. The Labute approximate surface area is 162 Å². The van der Waals surface area contributed by atoms with Crippen LogP contribution in [0.3, 0.4) is 0 Å². The number of piperazine rings is 1. The zero-order valence-corrected chi connectivity index (χ0v) is 15.5. The molecule has 2 aliphatic heterocycles. The van der Waals surface area contributed by atoms with Crippen LogP contribution in [0.1, 0.15) is 11.6 Å². The van der Waals surface area contributed by atoms with Crippen molar-refractivity contribution in [2.75, 3.05) is 37.7 Å². The zero-order chi connectivity index (χ0) is 18.8. The van der Waals surface area contributed by atoms with Gasteiger partial charge in [0.1, 0.15) is 12.3 Å². The first-order chi connectivity index (χ1) is 13.1. The second-order valence-corrected chi connectivity index (χ2v) is 7.03. The van der Waals surface area contributed by atoms with Gasteiger partial charge in [-0.3, -0.25) is 14.5 Å². The van der Waals surface area contributed by atoms with Gasteiger partial charge < -0.3 is 15.0 Å². The molecule has 0 radical (unpaired) electrons. The Bertz CT molecular complexity index is 873.